The number of benzene rings is 1. The quantitative estimate of drug-likeness (QED) is 0.721. The Bertz CT molecular complexity index is 599. The summed E-state index contributed by atoms with van der Waals surface area (Å²) in [6.45, 7) is 0. The lowest BCUT2D eigenvalue weighted by Crippen LogP contribution is -1.93. The van der Waals surface area contributed by atoms with Gasteiger partial charge in [0.15, 0.2) is 5.82 Å². The number of aromatic nitrogens is 6. The highest BCUT2D eigenvalue weighted by Crippen LogP contribution is 2.08. The van der Waals surface area contributed by atoms with E-state index in [1.165, 1.54) is 11.9 Å². The largest absolute Gasteiger partial charge is 0.263 e. The van der Waals surface area contributed by atoms with Crippen LogP contribution in [0, 0.1) is 0 Å². The number of rotatable bonds is 4. The van der Waals surface area contributed by atoms with Gasteiger partial charge in [0.05, 0.1) is 0 Å². The Hall–Kier alpha value is -2.50. The third kappa shape index (κ3) is 2.27. The predicted molar refractivity (Wildman–Crippen MR) is 65.6 cm³/mol. The first kappa shape index (κ1) is 10.6. The average molecular weight is 240 g/mol. The zero-order valence-electron chi connectivity index (χ0n) is 9.67. The van der Waals surface area contributed by atoms with Crippen molar-refractivity contribution in [2.24, 2.45) is 0 Å². The van der Waals surface area contributed by atoms with Gasteiger partial charge in [-0.25, -0.2) is 9.97 Å². The average Bonchev–Trinajstić information content (AvgIpc) is 3.08. The summed E-state index contributed by atoms with van der Waals surface area (Å²) in [5.74, 6) is 1.98. The maximum absolute atomic E-state index is 4.37. The second-order valence-electron chi connectivity index (χ2n) is 3.93. The van der Waals surface area contributed by atoms with Gasteiger partial charge in [-0.05, 0) is 12.0 Å². The SMILES string of the molecule is c1ccc(CCc2nc(-c3ncn[nH]3)n[nH]2)cc1. The highest BCUT2D eigenvalue weighted by molar-refractivity contribution is 5.40. The Morgan fingerprint density at radius 1 is 1.00 bits per heavy atom. The molecule has 0 unspecified atom stereocenters. The second kappa shape index (κ2) is 4.79. The Morgan fingerprint density at radius 3 is 2.67 bits per heavy atom. The minimum atomic E-state index is 0.551. The number of hydrogen-bond donors (Lipinski definition) is 2. The molecule has 6 heteroatoms. The summed E-state index contributed by atoms with van der Waals surface area (Å²) in [7, 11) is 0. The molecule has 2 aromatic heterocycles. The summed E-state index contributed by atoms with van der Waals surface area (Å²) >= 11 is 0. The summed E-state index contributed by atoms with van der Waals surface area (Å²) < 4.78 is 0. The maximum Gasteiger partial charge on any atom is 0.218 e. The summed E-state index contributed by atoms with van der Waals surface area (Å²) in [6, 6.07) is 10.3. The van der Waals surface area contributed by atoms with E-state index < -0.39 is 0 Å². The van der Waals surface area contributed by atoms with Crippen LogP contribution >= 0.6 is 0 Å². The van der Waals surface area contributed by atoms with Crippen molar-refractivity contribution in [2.75, 3.05) is 0 Å². The van der Waals surface area contributed by atoms with Crippen molar-refractivity contribution < 1.29 is 0 Å². The smallest absolute Gasteiger partial charge is 0.218 e. The highest BCUT2D eigenvalue weighted by Gasteiger charge is 2.07. The zero-order valence-corrected chi connectivity index (χ0v) is 9.67. The molecule has 3 aromatic rings. The molecule has 0 amide bonds. The van der Waals surface area contributed by atoms with Crippen LogP contribution in [0.15, 0.2) is 36.7 Å². The van der Waals surface area contributed by atoms with Crippen molar-refractivity contribution in [3.63, 3.8) is 0 Å². The molecule has 18 heavy (non-hydrogen) atoms. The van der Waals surface area contributed by atoms with Gasteiger partial charge in [0.1, 0.15) is 12.2 Å². The fourth-order valence-electron chi connectivity index (χ4n) is 1.73. The first-order valence-corrected chi connectivity index (χ1v) is 5.73. The van der Waals surface area contributed by atoms with Crippen molar-refractivity contribution in [1.29, 1.82) is 0 Å². The molecular formula is C12H12N6. The summed E-state index contributed by atoms with van der Waals surface area (Å²) in [5, 5.41) is 13.5. The molecule has 0 spiro atoms. The minimum Gasteiger partial charge on any atom is -0.263 e. The number of nitrogens with one attached hydrogen (secondary N) is 2. The predicted octanol–water partition coefficient (Wildman–Crippen LogP) is 1.38. The lowest BCUT2D eigenvalue weighted by molar-refractivity contribution is 0.865. The van der Waals surface area contributed by atoms with E-state index in [1.54, 1.807) is 0 Å². The van der Waals surface area contributed by atoms with Gasteiger partial charge in [0.2, 0.25) is 5.82 Å². The second-order valence-corrected chi connectivity index (χ2v) is 3.93. The van der Waals surface area contributed by atoms with Crippen LogP contribution in [0.2, 0.25) is 0 Å². The number of hydrogen-bond acceptors (Lipinski definition) is 4. The number of aromatic amines is 2. The molecule has 0 atom stereocenters. The third-order valence-electron chi connectivity index (χ3n) is 2.65. The van der Waals surface area contributed by atoms with Crippen LogP contribution in [0.3, 0.4) is 0 Å². The van der Waals surface area contributed by atoms with E-state index in [0.29, 0.717) is 11.6 Å². The summed E-state index contributed by atoms with van der Waals surface area (Å²) in [5.41, 5.74) is 1.29. The van der Waals surface area contributed by atoms with E-state index in [-0.39, 0.29) is 0 Å². The van der Waals surface area contributed by atoms with E-state index in [1.807, 2.05) is 18.2 Å². The molecule has 1 aromatic carbocycles. The summed E-state index contributed by atoms with van der Waals surface area (Å²) in [4.78, 5) is 8.37. The van der Waals surface area contributed by atoms with E-state index in [9.17, 15) is 0 Å². The minimum absolute atomic E-state index is 0.551. The van der Waals surface area contributed by atoms with Crippen LogP contribution in [-0.2, 0) is 12.8 Å². The normalized spacial score (nSPS) is 10.7. The summed E-state index contributed by atoms with van der Waals surface area (Å²) in [6.07, 6.45) is 3.20. The van der Waals surface area contributed by atoms with Crippen LogP contribution in [0.25, 0.3) is 11.6 Å². The monoisotopic (exact) mass is 240 g/mol. The van der Waals surface area contributed by atoms with Crippen molar-refractivity contribution in [3.05, 3.63) is 48.0 Å². The van der Waals surface area contributed by atoms with Crippen LogP contribution in [0.1, 0.15) is 11.4 Å². The van der Waals surface area contributed by atoms with Gasteiger partial charge in [0, 0.05) is 6.42 Å². The Balaban J connectivity index is 1.68. The first-order chi connectivity index (χ1) is 8.92. The number of H-pyrrole nitrogens is 2. The molecule has 2 N–H and O–H groups in total. The number of aryl methyl sites for hydroxylation is 2. The van der Waals surface area contributed by atoms with Gasteiger partial charge in [-0.1, -0.05) is 30.3 Å². The molecule has 0 saturated carbocycles. The van der Waals surface area contributed by atoms with E-state index in [2.05, 4.69) is 42.5 Å². The van der Waals surface area contributed by atoms with Gasteiger partial charge in [-0.15, -0.1) is 5.10 Å². The van der Waals surface area contributed by atoms with Gasteiger partial charge in [-0.3, -0.25) is 10.2 Å². The molecule has 0 saturated heterocycles. The lowest BCUT2D eigenvalue weighted by Gasteiger charge is -1.97. The fraction of sp³-hybridized carbons (Fsp3) is 0.167. The van der Waals surface area contributed by atoms with Gasteiger partial charge in [-0.2, -0.15) is 5.10 Å². The molecule has 0 aliphatic rings. The Labute approximate surface area is 104 Å². The molecule has 3 rings (SSSR count). The molecule has 6 nitrogen and oxygen atoms in total. The van der Waals surface area contributed by atoms with Crippen LogP contribution in [0.5, 0.6) is 0 Å². The van der Waals surface area contributed by atoms with Gasteiger partial charge >= 0.3 is 0 Å². The van der Waals surface area contributed by atoms with Crippen molar-refractivity contribution >= 4 is 0 Å². The lowest BCUT2D eigenvalue weighted by atomic mass is 10.1. The van der Waals surface area contributed by atoms with Gasteiger partial charge < -0.3 is 0 Å². The fourth-order valence-corrected chi connectivity index (χ4v) is 1.73. The molecular weight excluding hydrogens is 228 g/mol. The standard InChI is InChI=1S/C12H12N6/c1-2-4-9(5-3-1)6-7-10-15-12(18-16-10)11-13-8-14-17-11/h1-5,8H,6-7H2,(H,13,14,17)(H,15,16,18). The molecule has 0 radical (unpaired) electrons. The molecule has 0 aliphatic carbocycles. The maximum atomic E-state index is 4.37. The van der Waals surface area contributed by atoms with Crippen LogP contribution < -0.4 is 0 Å². The molecule has 0 bridgehead atoms. The molecule has 90 valence electrons. The van der Waals surface area contributed by atoms with Crippen molar-refractivity contribution in [1.82, 2.24) is 30.4 Å². The topological polar surface area (TPSA) is 83.1 Å². The third-order valence-corrected chi connectivity index (χ3v) is 2.65. The van der Waals surface area contributed by atoms with Crippen molar-refractivity contribution in [2.45, 2.75) is 12.8 Å². The molecule has 0 fully saturated rings. The Morgan fingerprint density at radius 2 is 1.89 bits per heavy atom. The van der Waals surface area contributed by atoms with E-state index in [4.69, 9.17) is 0 Å². The van der Waals surface area contributed by atoms with Gasteiger partial charge in [0.25, 0.3) is 0 Å². The zero-order chi connectivity index (χ0) is 12.2. The highest BCUT2D eigenvalue weighted by atomic mass is 15.3. The van der Waals surface area contributed by atoms with E-state index >= 15 is 0 Å². The Kier molecular flexibility index (Phi) is 2.83. The van der Waals surface area contributed by atoms with Crippen molar-refractivity contribution in [3.8, 4) is 11.6 Å². The number of nitrogens with zero attached hydrogens (tertiary/aromatic N) is 4. The first-order valence-electron chi connectivity index (χ1n) is 5.73. The molecule has 0 aliphatic heterocycles. The molecule has 2 heterocycles. The van der Waals surface area contributed by atoms with Crippen LogP contribution in [0.4, 0.5) is 0 Å². The van der Waals surface area contributed by atoms with E-state index in [0.717, 1.165) is 18.7 Å². The van der Waals surface area contributed by atoms with Crippen LogP contribution in [-0.4, -0.2) is 30.4 Å².